The molecule has 0 fully saturated rings. The van der Waals surface area contributed by atoms with Gasteiger partial charge in [0.25, 0.3) is 0 Å². The lowest BCUT2D eigenvalue weighted by molar-refractivity contribution is 0.198. The van der Waals surface area contributed by atoms with Crippen molar-refractivity contribution in [3.05, 3.63) is 39.9 Å². The second kappa shape index (κ2) is 5.23. The van der Waals surface area contributed by atoms with Gasteiger partial charge in [-0.15, -0.1) is 0 Å². The maximum Gasteiger partial charge on any atom is 0.0772 e. The predicted molar refractivity (Wildman–Crippen MR) is 75.4 cm³/mol. The van der Waals surface area contributed by atoms with Crippen LogP contribution < -0.4 is 4.90 Å². The van der Waals surface area contributed by atoms with Crippen LogP contribution in [-0.4, -0.2) is 18.2 Å². The Kier molecular flexibility index (Phi) is 3.89. The van der Waals surface area contributed by atoms with Crippen LogP contribution in [0.4, 0.5) is 5.69 Å². The average Bonchev–Trinajstić information content (AvgIpc) is 2.28. The molecule has 2 nitrogen and oxygen atoms in total. The van der Waals surface area contributed by atoms with Crippen LogP contribution in [-0.2, 0) is 0 Å². The van der Waals surface area contributed by atoms with E-state index in [1.54, 1.807) is 6.92 Å². The number of aliphatic hydroxyl groups excluding tert-OH is 1. The van der Waals surface area contributed by atoms with Gasteiger partial charge in [-0.25, -0.2) is 0 Å². The third-order valence-electron chi connectivity index (χ3n) is 3.13. The highest BCUT2D eigenvalue weighted by Crippen LogP contribution is 2.29. The highest BCUT2D eigenvalue weighted by atomic mass is 79.9. The minimum atomic E-state index is -0.429. The SMILES string of the molecule is CC1=CCCN(c2ccc(C(C)O)c(Br)c2)C1. The molecule has 0 amide bonds. The number of hydrogen-bond donors (Lipinski definition) is 1. The summed E-state index contributed by atoms with van der Waals surface area (Å²) in [6, 6.07) is 6.18. The minimum absolute atomic E-state index is 0.429. The largest absolute Gasteiger partial charge is 0.389 e. The van der Waals surface area contributed by atoms with E-state index in [2.05, 4.69) is 46.0 Å². The Bertz CT molecular complexity index is 440. The molecule has 1 N–H and O–H groups in total. The van der Waals surface area contributed by atoms with Crippen LogP contribution in [0, 0.1) is 0 Å². The zero-order chi connectivity index (χ0) is 12.4. The van der Waals surface area contributed by atoms with Crippen LogP contribution in [0.5, 0.6) is 0 Å². The maximum atomic E-state index is 9.60. The van der Waals surface area contributed by atoms with Gasteiger partial charge in [-0.2, -0.15) is 0 Å². The van der Waals surface area contributed by atoms with Gasteiger partial charge in [0.2, 0.25) is 0 Å². The Hall–Kier alpha value is -0.800. The molecule has 1 aliphatic heterocycles. The summed E-state index contributed by atoms with van der Waals surface area (Å²) >= 11 is 3.53. The first kappa shape index (κ1) is 12.7. The van der Waals surface area contributed by atoms with E-state index in [1.165, 1.54) is 11.3 Å². The lowest BCUT2D eigenvalue weighted by Crippen LogP contribution is -2.29. The monoisotopic (exact) mass is 295 g/mol. The fraction of sp³-hybridized carbons (Fsp3) is 0.429. The fourth-order valence-corrected chi connectivity index (χ4v) is 2.88. The molecule has 0 saturated carbocycles. The lowest BCUT2D eigenvalue weighted by atomic mass is 10.1. The Morgan fingerprint density at radius 3 is 2.76 bits per heavy atom. The van der Waals surface area contributed by atoms with Crippen LogP contribution in [0.15, 0.2) is 34.3 Å². The number of nitrogens with zero attached hydrogens (tertiary/aromatic N) is 1. The Morgan fingerprint density at radius 2 is 2.18 bits per heavy atom. The molecule has 1 heterocycles. The summed E-state index contributed by atoms with van der Waals surface area (Å²) in [7, 11) is 0. The molecular weight excluding hydrogens is 278 g/mol. The number of anilines is 1. The molecule has 1 atom stereocenters. The van der Waals surface area contributed by atoms with E-state index in [4.69, 9.17) is 0 Å². The van der Waals surface area contributed by atoms with Crippen LogP contribution in [0.2, 0.25) is 0 Å². The molecule has 17 heavy (non-hydrogen) atoms. The van der Waals surface area contributed by atoms with Gasteiger partial charge < -0.3 is 10.0 Å². The molecular formula is C14H18BrNO. The Balaban J connectivity index is 2.23. The molecule has 0 saturated heterocycles. The Labute approximate surface area is 111 Å². The fourth-order valence-electron chi connectivity index (χ4n) is 2.18. The topological polar surface area (TPSA) is 23.5 Å². The minimum Gasteiger partial charge on any atom is -0.389 e. The summed E-state index contributed by atoms with van der Waals surface area (Å²) in [6.07, 6.45) is 2.98. The molecule has 92 valence electrons. The first-order valence-corrected chi connectivity index (χ1v) is 6.75. The van der Waals surface area contributed by atoms with E-state index in [9.17, 15) is 5.11 Å². The van der Waals surface area contributed by atoms with E-state index >= 15 is 0 Å². The van der Waals surface area contributed by atoms with Crippen molar-refractivity contribution in [1.29, 1.82) is 0 Å². The Morgan fingerprint density at radius 1 is 1.41 bits per heavy atom. The molecule has 2 rings (SSSR count). The van der Waals surface area contributed by atoms with Crippen LogP contribution >= 0.6 is 15.9 Å². The van der Waals surface area contributed by atoms with Crippen molar-refractivity contribution in [3.8, 4) is 0 Å². The summed E-state index contributed by atoms with van der Waals surface area (Å²) in [4.78, 5) is 2.37. The van der Waals surface area contributed by atoms with E-state index < -0.39 is 6.10 Å². The van der Waals surface area contributed by atoms with E-state index in [0.717, 1.165) is 29.5 Å². The number of halogens is 1. The molecule has 0 aromatic heterocycles. The average molecular weight is 296 g/mol. The van der Waals surface area contributed by atoms with Crippen molar-refractivity contribution < 1.29 is 5.11 Å². The highest BCUT2D eigenvalue weighted by molar-refractivity contribution is 9.10. The first-order chi connectivity index (χ1) is 8.08. The molecule has 0 aliphatic carbocycles. The number of rotatable bonds is 2. The van der Waals surface area contributed by atoms with Gasteiger partial charge in [-0.3, -0.25) is 0 Å². The lowest BCUT2D eigenvalue weighted by Gasteiger charge is -2.28. The standard InChI is InChI=1S/C14H18BrNO/c1-10-4-3-7-16(9-10)12-5-6-13(11(2)17)14(15)8-12/h4-6,8,11,17H,3,7,9H2,1-2H3. The summed E-state index contributed by atoms with van der Waals surface area (Å²) in [6.45, 7) is 6.02. The van der Waals surface area contributed by atoms with Gasteiger partial charge in [-0.05, 0) is 38.0 Å². The van der Waals surface area contributed by atoms with Crippen molar-refractivity contribution in [2.75, 3.05) is 18.0 Å². The number of benzene rings is 1. The molecule has 1 aromatic rings. The summed E-state index contributed by atoms with van der Waals surface area (Å²) in [5.41, 5.74) is 3.58. The van der Waals surface area contributed by atoms with E-state index in [0.29, 0.717) is 0 Å². The van der Waals surface area contributed by atoms with Crippen LogP contribution in [0.1, 0.15) is 31.9 Å². The normalized spacial score (nSPS) is 17.9. The number of aliphatic hydroxyl groups is 1. The third-order valence-corrected chi connectivity index (χ3v) is 3.82. The highest BCUT2D eigenvalue weighted by Gasteiger charge is 2.13. The molecule has 1 aromatic carbocycles. The van der Waals surface area contributed by atoms with E-state index in [-0.39, 0.29) is 0 Å². The molecule has 0 radical (unpaired) electrons. The van der Waals surface area contributed by atoms with Crippen LogP contribution in [0.25, 0.3) is 0 Å². The van der Waals surface area contributed by atoms with Gasteiger partial charge in [0.1, 0.15) is 0 Å². The van der Waals surface area contributed by atoms with Crippen molar-refractivity contribution in [3.63, 3.8) is 0 Å². The third kappa shape index (κ3) is 2.90. The summed E-state index contributed by atoms with van der Waals surface area (Å²) in [5.74, 6) is 0. The quantitative estimate of drug-likeness (QED) is 0.842. The molecule has 1 unspecified atom stereocenters. The van der Waals surface area contributed by atoms with Crippen molar-refractivity contribution in [2.24, 2.45) is 0 Å². The molecule has 3 heteroatoms. The summed E-state index contributed by atoms with van der Waals surface area (Å²) in [5, 5.41) is 9.60. The maximum absolute atomic E-state index is 9.60. The second-order valence-electron chi connectivity index (χ2n) is 4.64. The second-order valence-corrected chi connectivity index (χ2v) is 5.50. The molecule has 1 aliphatic rings. The first-order valence-electron chi connectivity index (χ1n) is 5.96. The van der Waals surface area contributed by atoms with Gasteiger partial charge >= 0.3 is 0 Å². The van der Waals surface area contributed by atoms with Crippen LogP contribution in [0.3, 0.4) is 0 Å². The van der Waals surface area contributed by atoms with Crippen molar-refractivity contribution in [2.45, 2.75) is 26.4 Å². The predicted octanol–water partition coefficient (Wildman–Crippen LogP) is 3.66. The van der Waals surface area contributed by atoms with Gasteiger partial charge in [-0.1, -0.05) is 33.6 Å². The zero-order valence-electron chi connectivity index (χ0n) is 10.3. The molecule has 0 spiro atoms. The van der Waals surface area contributed by atoms with Gasteiger partial charge in [0.05, 0.1) is 6.10 Å². The summed E-state index contributed by atoms with van der Waals surface area (Å²) < 4.78 is 0.984. The van der Waals surface area contributed by atoms with Crippen molar-refractivity contribution in [1.82, 2.24) is 0 Å². The zero-order valence-corrected chi connectivity index (χ0v) is 11.9. The smallest absolute Gasteiger partial charge is 0.0772 e. The van der Waals surface area contributed by atoms with Crippen molar-refractivity contribution >= 4 is 21.6 Å². The number of hydrogen-bond acceptors (Lipinski definition) is 2. The van der Waals surface area contributed by atoms with Gasteiger partial charge in [0, 0.05) is 23.2 Å². The van der Waals surface area contributed by atoms with E-state index in [1.807, 2.05) is 6.07 Å². The molecule has 0 bridgehead atoms. The van der Waals surface area contributed by atoms with Gasteiger partial charge in [0.15, 0.2) is 0 Å².